The lowest BCUT2D eigenvalue weighted by Crippen LogP contribution is -2.20. The van der Waals surface area contributed by atoms with Crippen LogP contribution in [0.2, 0.25) is 0 Å². The third-order valence-electron chi connectivity index (χ3n) is 4.76. The number of rotatable bonds is 8. The van der Waals surface area contributed by atoms with Crippen LogP contribution in [0.4, 0.5) is 5.69 Å². The van der Waals surface area contributed by atoms with Crippen LogP contribution in [0.15, 0.2) is 79.0 Å². The van der Waals surface area contributed by atoms with Crippen LogP contribution < -0.4 is 19.5 Å². The third-order valence-corrected chi connectivity index (χ3v) is 4.76. The van der Waals surface area contributed by atoms with Crippen LogP contribution in [0.25, 0.3) is 16.9 Å². The molecule has 1 amide bonds. The molecule has 0 aliphatic rings. The van der Waals surface area contributed by atoms with Gasteiger partial charge in [-0.3, -0.25) is 4.79 Å². The molecule has 8 nitrogen and oxygen atoms in total. The van der Waals surface area contributed by atoms with E-state index in [0.29, 0.717) is 11.4 Å². The van der Waals surface area contributed by atoms with Crippen LogP contribution in [0, 0.1) is 0 Å². The van der Waals surface area contributed by atoms with Crippen LogP contribution in [0.3, 0.4) is 0 Å². The highest BCUT2D eigenvalue weighted by atomic mass is 16.5. The summed E-state index contributed by atoms with van der Waals surface area (Å²) in [5, 5.41) is 11.0. The summed E-state index contributed by atoms with van der Waals surface area (Å²) in [5.74, 6) is 1.84. The molecule has 0 atom stereocenters. The Labute approximate surface area is 185 Å². The van der Waals surface area contributed by atoms with Gasteiger partial charge < -0.3 is 19.5 Å². The second kappa shape index (κ2) is 9.65. The van der Waals surface area contributed by atoms with Crippen molar-refractivity contribution < 1.29 is 19.0 Å². The van der Waals surface area contributed by atoms with Gasteiger partial charge in [0.1, 0.15) is 17.2 Å². The maximum atomic E-state index is 12.2. The fourth-order valence-electron chi connectivity index (χ4n) is 3.09. The van der Waals surface area contributed by atoms with E-state index in [1.807, 2.05) is 36.4 Å². The van der Waals surface area contributed by atoms with E-state index in [4.69, 9.17) is 14.2 Å². The van der Waals surface area contributed by atoms with E-state index >= 15 is 0 Å². The molecule has 1 N–H and O–H groups in total. The predicted molar refractivity (Wildman–Crippen MR) is 120 cm³/mol. The lowest BCUT2D eigenvalue weighted by Gasteiger charge is -2.10. The molecule has 4 aromatic rings. The molecule has 4 rings (SSSR count). The van der Waals surface area contributed by atoms with Crippen molar-refractivity contribution >= 4 is 11.6 Å². The smallest absolute Gasteiger partial charge is 0.262 e. The van der Waals surface area contributed by atoms with Crippen molar-refractivity contribution in [3.8, 4) is 34.2 Å². The van der Waals surface area contributed by atoms with Crippen molar-refractivity contribution in [1.82, 2.24) is 15.0 Å². The quantitative estimate of drug-likeness (QED) is 0.455. The molecule has 162 valence electrons. The molecule has 1 aromatic heterocycles. The van der Waals surface area contributed by atoms with Crippen molar-refractivity contribution in [1.29, 1.82) is 0 Å². The van der Waals surface area contributed by atoms with Crippen LogP contribution in [-0.4, -0.2) is 41.7 Å². The molecule has 0 radical (unpaired) electrons. The summed E-state index contributed by atoms with van der Waals surface area (Å²) in [6.45, 7) is -0.0984. The van der Waals surface area contributed by atoms with E-state index in [1.165, 1.54) is 0 Å². The van der Waals surface area contributed by atoms with Gasteiger partial charge in [-0.05, 0) is 72.8 Å². The molecular weight excluding hydrogens is 408 g/mol. The molecule has 32 heavy (non-hydrogen) atoms. The first-order chi connectivity index (χ1) is 15.7. The molecule has 8 heteroatoms. The highest BCUT2D eigenvalue weighted by Gasteiger charge is 2.10. The van der Waals surface area contributed by atoms with Gasteiger partial charge in [-0.1, -0.05) is 5.21 Å². The number of nitrogens with zero attached hydrogens (tertiary/aromatic N) is 3. The van der Waals surface area contributed by atoms with Gasteiger partial charge in [0, 0.05) is 11.3 Å². The van der Waals surface area contributed by atoms with Gasteiger partial charge in [-0.25, -0.2) is 4.68 Å². The molecular formula is C24H22N4O4. The first-order valence-corrected chi connectivity index (χ1v) is 9.88. The Hall–Kier alpha value is -4.33. The van der Waals surface area contributed by atoms with Crippen molar-refractivity contribution in [2.45, 2.75) is 0 Å². The largest absolute Gasteiger partial charge is 0.497 e. The normalized spacial score (nSPS) is 10.4. The first-order valence-electron chi connectivity index (χ1n) is 9.88. The molecule has 0 bridgehead atoms. The lowest BCUT2D eigenvalue weighted by molar-refractivity contribution is -0.118. The molecule has 0 saturated carbocycles. The number of carbonyl (C=O) groups is 1. The summed E-state index contributed by atoms with van der Waals surface area (Å²) in [4.78, 5) is 12.2. The van der Waals surface area contributed by atoms with Crippen molar-refractivity contribution in [3.63, 3.8) is 0 Å². The number of ether oxygens (including phenoxy) is 3. The van der Waals surface area contributed by atoms with Gasteiger partial charge in [0.05, 0.1) is 31.8 Å². The topological polar surface area (TPSA) is 87.5 Å². The van der Waals surface area contributed by atoms with E-state index in [0.717, 1.165) is 28.4 Å². The number of nitrogens with one attached hydrogen (secondary N) is 1. The summed E-state index contributed by atoms with van der Waals surface area (Å²) < 4.78 is 17.6. The summed E-state index contributed by atoms with van der Waals surface area (Å²) in [7, 11) is 3.23. The molecule has 0 aliphatic carbocycles. The van der Waals surface area contributed by atoms with Gasteiger partial charge in [0.25, 0.3) is 5.91 Å². The highest BCUT2D eigenvalue weighted by Crippen LogP contribution is 2.24. The van der Waals surface area contributed by atoms with E-state index in [-0.39, 0.29) is 12.5 Å². The van der Waals surface area contributed by atoms with Gasteiger partial charge in [-0.15, -0.1) is 5.10 Å². The molecule has 3 aromatic carbocycles. The number of anilines is 1. The molecule has 0 fully saturated rings. The predicted octanol–water partition coefficient (Wildman–Crippen LogP) is 3.97. The average Bonchev–Trinajstić information content (AvgIpc) is 3.33. The Bertz CT molecular complexity index is 1170. The zero-order valence-electron chi connectivity index (χ0n) is 17.7. The van der Waals surface area contributed by atoms with Gasteiger partial charge in [0.15, 0.2) is 6.61 Å². The summed E-state index contributed by atoms with van der Waals surface area (Å²) in [6.07, 6.45) is 1.70. The Morgan fingerprint density at radius 3 is 2.06 bits per heavy atom. The molecule has 0 spiro atoms. The first kappa shape index (κ1) is 20.9. The number of hydrogen-bond donors (Lipinski definition) is 1. The Kier molecular flexibility index (Phi) is 6.31. The number of methoxy groups -OCH3 is 2. The van der Waals surface area contributed by atoms with Gasteiger partial charge in [-0.2, -0.15) is 0 Å². The minimum absolute atomic E-state index is 0.0984. The fraction of sp³-hybridized carbons (Fsp3) is 0.125. The highest BCUT2D eigenvalue weighted by molar-refractivity contribution is 5.92. The van der Waals surface area contributed by atoms with Crippen molar-refractivity contribution in [2.24, 2.45) is 0 Å². The Morgan fingerprint density at radius 1 is 0.844 bits per heavy atom. The lowest BCUT2D eigenvalue weighted by atomic mass is 10.1. The number of amides is 1. The zero-order chi connectivity index (χ0) is 22.3. The van der Waals surface area contributed by atoms with Crippen molar-refractivity contribution in [3.05, 3.63) is 79.0 Å². The standard InChI is InChI=1S/C24H22N4O4/c1-30-20-9-3-17(4-10-20)23-15-25-27-28(23)19-7-5-18(6-8-19)26-24(29)16-32-22-13-11-21(31-2)12-14-22/h3-15H,16H2,1-2H3,(H,26,29). The maximum Gasteiger partial charge on any atom is 0.262 e. The average molecular weight is 430 g/mol. The summed E-state index contributed by atoms with van der Waals surface area (Å²) in [5.41, 5.74) is 3.28. The van der Waals surface area contributed by atoms with Gasteiger partial charge in [0.2, 0.25) is 0 Å². The maximum absolute atomic E-state index is 12.2. The number of hydrogen-bond acceptors (Lipinski definition) is 6. The second-order valence-electron chi connectivity index (χ2n) is 6.82. The van der Waals surface area contributed by atoms with E-state index in [2.05, 4.69) is 15.6 Å². The van der Waals surface area contributed by atoms with Crippen LogP contribution in [0.5, 0.6) is 17.2 Å². The number of benzene rings is 3. The van der Waals surface area contributed by atoms with Crippen LogP contribution in [-0.2, 0) is 4.79 Å². The van der Waals surface area contributed by atoms with Crippen LogP contribution >= 0.6 is 0 Å². The molecule has 1 heterocycles. The Morgan fingerprint density at radius 2 is 1.44 bits per heavy atom. The second-order valence-corrected chi connectivity index (χ2v) is 6.82. The van der Waals surface area contributed by atoms with E-state index in [1.54, 1.807) is 61.5 Å². The number of aromatic nitrogens is 3. The van der Waals surface area contributed by atoms with E-state index in [9.17, 15) is 4.79 Å². The molecule has 0 unspecified atom stereocenters. The number of carbonyl (C=O) groups excluding carboxylic acids is 1. The van der Waals surface area contributed by atoms with Crippen LogP contribution in [0.1, 0.15) is 0 Å². The fourth-order valence-corrected chi connectivity index (χ4v) is 3.09. The van der Waals surface area contributed by atoms with E-state index < -0.39 is 0 Å². The summed E-state index contributed by atoms with van der Waals surface area (Å²) in [6, 6.07) is 22.1. The molecule has 0 saturated heterocycles. The zero-order valence-corrected chi connectivity index (χ0v) is 17.7. The minimum atomic E-state index is -0.256. The molecule has 0 aliphatic heterocycles. The third kappa shape index (κ3) is 4.86. The minimum Gasteiger partial charge on any atom is -0.497 e. The monoisotopic (exact) mass is 430 g/mol. The SMILES string of the molecule is COc1ccc(OCC(=O)Nc2ccc(-n3nncc3-c3ccc(OC)cc3)cc2)cc1. The van der Waals surface area contributed by atoms with Gasteiger partial charge >= 0.3 is 0 Å². The summed E-state index contributed by atoms with van der Waals surface area (Å²) >= 11 is 0. The van der Waals surface area contributed by atoms with Crippen molar-refractivity contribution in [2.75, 3.05) is 26.1 Å². The Balaban J connectivity index is 1.39.